The van der Waals surface area contributed by atoms with E-state index in [4.69, 9.17) is 0 Å². The van der Waals surface area contributed by atoms with E-state index >= 15 is 0 Å². The first-order chi connectivity index (χ1) is 9.16. The van der Waals surface area contributed by atoms with Crippen LogP contribution in [0.25, 0.3) is 0 Å². The molecule has 4 nitrogen and oxygen atoms in total. The molecule has 1 fully saturated rings. The molecule has 19 heavy (non-hydrogen) atoms. The quantitative estimate of drug-likeness (QED) is 0.845. The Labute approximate surface area is 114 Å². The lowest BCUT2D eigenvalue weighted by Gasteiger charge is -2.24. The predicted octanol–water partition coefficient (Wildman–Crippen LogP) is 2.40. The van der Waals surface area contributed by atoms with Crippen molar-refractivity contribution in [3.63, 3.8) is 0 Å². The van der Waals surface area contributed by atoms with Gasteiger partial charge < -0.3 is 4.57 Å². The number of aromatic nitrogens is 3. The highest BCUT2D eigenvalue weighted by molar-refractivity contribution is 5.22. The summed E-state index contributed by atoms with van der Waals surface area (Å²) in [6, 6.07) is 4.87. The predicted molar refractivity (Wildman–Crippen MR) is 75.7 cm³/mol. The summed E-state index contributed by atoms with van der Waals surface area (Å²) in [6.07, 6.45) is 6.69. The first-order valence-electron chi connectivity index (χ1n) is 6.99. The van der Waals surface area contributed by atoms with Crippen molar-refractivity contribution < 1.29 is 0 Å². The lowest BCUT2D eigenvalue weighted by molar-refractivity contribution is 0.242. The molecule has 1 aliphatic heterocycles. The van der Waals surface area contributed by atoms with Gasteiger partial charge in [0.15, 0.2) is 0 Å². The SMILES string of the molecule is Cc1c([C@@H]2CCCN2Cc2cccn2C)cnn1C. The van der Waals surface area contributed by atoms with Gasteiger partial charge in [0.25, 0.3) is 0 Å². The summed E-state index contributed by atoms with van der Waals surface area (Å²) in [6.45, 7) is 4.38. The maximum atomic E-state index is 4.39. The van der Waals surface area contributed by atoms with Crippen LogP contribution in [-0.2, 0) is 20.6 Å². The second-order valence-electron chi connectivity index (χ2n) is 5.55. The second kappa shape index (κ2) is 4.85. The molecular formula is C15H22N4. The number of rotatable bonds is 3. The van der Waals surface area contributed by atoms with Gasteiger partial charge in [0, 0.05) is 49.8 Å². The Kier molecular flexibility index (Phi) is 3.19. The summed E-state index contributed by atoms with van der Waals surface area (Å²) < 4.78 is 4.19. The third-order valence-corrected chi connectivity index (χ3v) is 4.41. The highest BCUT2D eigenvalue weighted by Crippen LogP contribution is 2.34. The summed E-state index contributed by atoms with van der Waals surface area (Å²) >= 11 is 0. The zero-order chi connectivity index (χ0) is 13.4. The Hall–Kier alpha value is -1.55. The van der Waals surface area contributed by atoms with Crippen molar-refractivity contribution in [3.05, 3.63) is 41.5 Å². The van der Waals surface area contributed by atoms with Gasteiger partial charge in [-0.1, -0.05) is 0 Å². The Bertz CT molecular complexity index is 566. The first-order valence-corrected chi connectivity index (χ1v) is 6.99. The summed E-state index contributed by atoms with van der Waals surface area (Å²) in [5, 5.41) is 4.39. The van der Waals surface area contributed by atoms with Crippen LogP contribution in [0.1, 0.15) is 35.8 Å². The molecule has 0 radical (unpaired) electrons. The molecule has 0 N–H and O–H groups in total. The molecule has 102 valence electrons. The molecule has 2 aromatic heterocycles. The van der Waals surface area contributed by atoms with Crippen LogP contribution in [0.15, 0.2) is 24.5 Å². The smallest absolute Gasteiger partial charge is 0.0540 e. The molecule has 2 aromatic rings. The zero-order valence-corrected chi connectivity index (χ0v) is 12.0. The van der Waals surface area contributed by atoms with Gasteiger partial charge in [-0.3, -0.25) is 9.58 Å². The lowest BCUT2D eigenvalue weighted by atomic mass is 10.1. The van der Waals surface area contributed by atoms with Gasteiger partial charge in [0.05, 0.1) is 6.20 Å². The summed E-state index contributed by atoms with van der Waals surface area (Å²) in [5.41, 5.74) is 4.08. The van der Waals surface area contributed by atoms with Crippen LogP contribution >= 0.6 is 0 Å². The minimum atomic E-state index is 0.531. The van der Waals surface area contributed by atoms with Crippen molar-refractivity contribution in [1.82, 2.24) is 19.2 Å². The van der Waals surface area contributed by atoms with E-state index in [1.165, 1.54) is 36.3 Å². The molecule has 0 spiro atoms. The summed E-state index contributed by atoms with van der Waals surface area (Å²) in [4.78, 5) is 2.58. The van der Waals surface area contributed by atoms with Gasteiger partial charge in [-0.25, -0.2) is 0 Å². The molecular weight excluding hydrogens is 236 g/mol. The van der Waals surface area contributed by atoms with Crippen molar-refractivity contribution >= 4 is 0 Å². The van der Waals surface area contributed by atoms with Crippen molar-refractivity contribution in [2.75, 3.05) is 6.54 Å². The minimum absolute atomic E-state index is 0.531. The minimum Gasteiger partial charge on any atom is -0.353 e. The second-order valence-corrected chi connectivity index (χ2v) is 5.55. The highest BCUT2D eigenvalue weighted by Gasteiger charge is 2.28. The highest BCUT2D eigenvalue weighted by atomic mass is 15.3. The Morgan fingerprint density at radius 2 is 2.21 bits per heavy atom. The number of likely N-dealkylation sites (tertiary alicyclic amines) is 1. The first kappa shape index (κ1) is 12.5. The average Bonchev–Trinajstić information content (AvgIpc) is 3.07. The van der Waals surface area contributed by atoms with E-state index in [0.29, 0.717) is 6.04 Å². The monoisotopic (exact) mass is 258 g/mol. The van der Waals surface area contributed by atoms with Crippen LogP contribution in [0.4, 0.5) is 0 Å². The maximum absolute atomic E-state index is 4.39. The summed E-state index contributed by atoms with van der Waals surface area (Å²) in [7, 11) is 4.14. The van der Waals surface area contributed by atoms with Crippen LogP contribution in [0, 0.1) is 6.92 Å². The van der Waals surface area contributed by atoms with Gasteiger partial charge >= 0.3 is 0 Å². The molecule has 0 amide bonds. The van der Waals surface area contributed by atoms with Crippen molar-refractivity contribution in [3.8, 4) is 0 Å². The van der Waals surface area contributed by atoms with Gasteiger partial charge in [0.1, 0.15) is 0 Å². The average molecular weight is 258 g/mol. The Morgan fingerprint density at radius 3 is 2.84 bits per heavy atom. The lowest BCUT2D eigenvalue weighted by Crippen LogP contribution is -2.24. The van der Waals surface area contributed by atoms with Crippen LogP contribution < -0.4 is 0 Å². The zero-order valence-electron chi connectivity index (χ0n) is 12.0. The van der Waals surface area contributed by atoms with E-state index < -0.39 is 0 Å². The Morgan fingerprint density at radius 1 is 1.37 bits per heavy atom. The fourth-order valence-corrected chi connectivity index (χ4v) is 3.08. The standard InChI is InChI=1S/C15H22N4/c1-12-14(10-16-18(12)3)15-7-5-9-19(15)11-13-6-4-8-17(13)2/h4,6,8,10,15H,5,7,9,11H2,1-3H3/t15-/m0/s1. The third-order valence-electron chi connectivity index (χ3n) is 4.41. The molecule has 4 heteroatoms. The Balaban J connectivity index is 1.82. The summed E-state index contributed by atoms with van der Waals surface area (Å²) in [5.74, 6) is 0. The molecule has 0 aromatic carbocycles. The van der Waals surface area contributed by atoms with E-state index in [1.807, 2.05) is 17.9 Å². The topological polar surface area (TPSA) is 26.0 Å². The number of hydrogen-bond acceptors (Lipinski definition) is 2. The molecule has 0 unspecified atom stereocenters. The number of nitrogens with zero attached hydrogens (tertiary/aromatic N) is 4. The molecule has 1 aliphatic rings. The molecule has 0 aliphatic carbocycles. The van der Waals surface area contributed by atoms with Gasteiger partial charge in [-0.05, 0) is 38.4 Å². The van der Waals surface area contributed by atoms with E-state index in [9.17, 15) is 0 Å². The molecule has 1 atom stereocenters. The molecule has 3 heterocycles. The maximum Gasteiger partial charge on any atom is 0.0540 e. The molecule has 1 saturated heterocycles. The van der Waals surface area contributed by atoms with E-state index in [2.05, 4.69) is 46.9 Å². The van der Waals surface area contributed by atoms with Crippen molar-refractivity contribution in [1.29, 1.82) is 0 Å². The molecule has 0 bridgehead atoms. The van der Waals surface area contributed by atoms with Crippen LogP contribution in [-0.4, -0.2) is 25.8 Å². The van der Waals surface area contributed by atoms with E-state index in [1.54, 1.807) is 0 Å². The third kappa shape index (κ3) is 2.21. The molecule has 3 rings (SSSR count). The largest absolute Gasteiger partial charge is 0.353 e. The fourth-order valence-electron chi connectivity index (χ4n) is 3.08. The van der Waals surface area contributed by atoms with Crippen LogP contribution in [0.5, 0.6) is 0 Å². The van der Waals surface area contributed by atoms with Crippen LogP contribution in [0.3, 0.4) is 0 Å². The van der Waals surface area contributed by atoms with E-state index in [0.717, 1.165) is 6.54 Å². The number of aryl methyl sites for hydroxylation is 2. The molecule has 0 saturated carbocycles. The number of hydrogen-bond donors (Lipinski definition) is 0. The fraction of sp³-hybridized carbons (Fsp3) is 0.533. The van der Waals surface area contributed by atoms with Gasteiger partial charge in [0.2, 0.25) is 0 Å². The van der Waals surface area contributed by atoms with Gasteiger partial charge in [-0.2, -0.15) is 5.10 Å². The van der Waals surface area contributed by atoms with Crippen molar-refractivity contribution in [2.24, 2.45) is 14.1 Å². The van der Waals surface area contributed by atoms with E-state index in [-0.39, 0.29) is 0 Å². The van der Waals surface area contributed by atoms with Gasteiger partial charge in [-0.15, -0.1) is 0 Å². The van der Waals surface area contributed by atoms with Crippen molar-refractivity contribution in [2.45, 2.75) is 32.4 Å². The van der Waals surface area contributed by atoms with Crippen LogP contribution in [0.2, 0.25) is 0 Å². The normalized spacial score (nSPS) is 20.3.